The maximum atomic E-state index is 13.2. The lowest BCUT2D eigenvalue weighted by atomic mass is 9.77. The van der Waals surface area contributed by atoms with Crippen LogP contribution in [-0.4, -0.2) is 52.4 Å². The van der Waals surface area contributed by atoms with Gasteiger partial charge in [-0.2, -0.15) is 5.26 Å². The monoisotopic (exact) mass is 354 g/mol. The molecule has 1 aromatic heterocycles. The second-order valence-corrected chi connectivity index (χ2v) is 8.25. The number of nitriles is 1. The molecule has 6 nitrogen and oxygen atoms in total. The SMILES string of the molecule is Cn1cc(C#N)cc1C(=O)N1CC[C@@]2(CCCN(CC3CCC3)C2=O)C1. The van der Waals surface area contributed by atoms with Crippen molar-refractivity contribution < 1.29 is 9.59 Å². The summed E-state index contributed by atoms with van der Waals surface area (Å²) in [5, 5.41) is 9.04. The number of aryl methyl sites for hydroxylation is 1. The summed E-state index contributed by atoms with van der Waals surface area (Å²) >= 11 is 0. The highest BCUT2D eigenvalue weighted by molar-refractivity contribution is 5.94. The first-order valence-electron chi connectivity index (χ1n) is 9.67. The van der Waals surface area contributed by atoms with Gasteiger partial charge < -0.3 is 14.4 Å². The molecule has 3 aliphatic rings. The number of amides is 2. The van der Waals surface area contributed by atoms with E-state index in [4.69, 9.17) is 5.26 Å². The molecule has 0 N–H and O–H groups in total. The fourth-order valence-electron chi connectivity index (χ4n) is 4.74. The summed E-state index contributed by atoms with van der Waals surface area (Å²) in [5.74, 6) is 0.867. The molecular weight excluding hydrogens is 328 g/mol. The normalized spacial score (nSPS) is 26.2. The number of rotatable bonds is 3. The number of likely N-dealkylation sites (tertiary alicyclic amines) is 2. The van der Waals surface area contributed by atoms with Crippen LogP contribution in [-0.2, 0) is 11.8 Å². The minimum Gasteiger partial charge on any atom is -0.345 e. The second-order valence-electron chi connectivity index (χ2n) is 8.25. The van der Waals surface area contributed by atoms with Gasteiger partial charge in [0.15, 0.2) is 0 Å². The fourth-order valence-corrected chi connectivity index (χ4v) is 4.74. The molecule has 3 heterocycles. The largest absolute Gasteiger partial charge is 0.345 e. The van der Waals surface area contributed by atoms with Gasteiger partial charge in [0.1, 0.15) is 11.8 Å². The summed E-state index contributed by atoms with van der Waals surface area (Å²) in [7, 11) is 1.78. The summed E-state index contributed by atoms with van der Waals surface area (Å²) in [5.41, 5.74) is 0.624. The zero-order valence-electron chi connectivity index (χ0n) is 15.4. The number of hydrogen-bond donors (Lipinski definition) is 0. The van der Waals surface area contributed by atoms with Gasteiger partial charge in [0.05, 0.1) is 11.0 Å². The Balaban J connectivity index is 1.47. The number of nitrogens with zero attached hydrogens (tertiary/aromatic N) is 4. The molecule has 6 heteroatoms. The van der Waals surface area contributed by atoms with Crippen LogP contribution < -0.4 is 0 Å². The van der Waals surface area contributed by atoms with Crippen LogP contribution in [0.1, 0.15) is 54.6 Å². The van der Waals surface area contributed by atoms with Crippen molar-refractivity contribution in [3.05, 3.63) is 23.5 Å². The molecule has 1 aromatic rings. The molecule has 138 valence electrons. The molecule has 1 atom stereocenters. The lowest BCUT2D eigenvalue weighted by Gasteiger charge is -2.42. The Kier molecular flexibility index (Phi) is 4.26. The molecule has 4 rings (SSSR count). The van der Waals surface area contributed by atoms with Gasteiger partial charge >= 0.3 is 0 Å². The molecule has 26 heavy (non-hydrogen) atoms. The lowest BCUT2D eigenvalue weighted by molar-refractivity contribution is -0.146. The lowest BCUT2D eigenvalue weighted by Crippen LogP contribution is -2.52. The van der Waals surface area contributed by atoms with E-state index in [0.29, 0.717) is 30.3 Å². The average Bonchev–Trinajstić information content (AvgIpc) is 3.19. The predicted octanol–water partition coefficient (Wildman–Crippen LogP) is 2.15. The van der Waals surface area contributed by atoms with Gasteiger partial charge in [0.2, 0.25) is 5.91 Å². The Morgan fingerprint density at radius 1 is 1.31 bits per heavy atom. The van der Waals surface area contributed by atoms with E-state index in [9.17, 15) is 9.59 Å². The van der Waals surface area contributed by atoms with Crippen LogP contribution in [0.5, 0.6) is 0 Å². The van der Waals surface area contributed by atoms with Crippen LogP contribution in [0.4, 0.5) is 0 Å². The molecule has 1 saturated carbocycles. The van der Waals surface area contributed by atoms with Crippen molar-refractivity contribution in [1.29, 1.82) is 5.26 Å². The third-order valence-corrected chi connectivity index (χ3v) is 6.52. The average molecular weight is 354 g/mol. The van der Waals surface area contributed by atoms with Crippen molar-refractivity contribution in [3.63, 3.8) is 0 Å². The van der Waals surface area contributed by atoms with Crippen molar-refractivity contribution in [2.24, 2.45) is 18.4 Å². The van der Waals surface area contributed by atoms with Gasteiger partial charge in [-0.25, -0.2) is 0 Å². The van der Waals surface area contributed by atoms with Crippen molar-refractivity contribution in [2.45, 2.75) is 38.5 Å². The first-order chi connectivity index (χ1) is 12.5. The fraction of sp³-hybridized carbons (Fsp3) is 0.650. The number of hydrogen-bond acceptors (Lipinski definition) is 3. The molecule has 0 bridgehead atoms. The number of carbonyl (C=O) groups excluding carboxylic acids is 2. The third kappa shape index (κ3) is 2.80. The van der Waals surface area contributed by atoms with Crippen LogP contribution in [0, 0.1) is 22.7 Å². The molecular formula is C20H26N4O2. The molecule has 1 aliphatic carbocycles. The van der Waals surface area contributed by atoms with E-state index < -0.39 is 0 Å². The Hall–Kier alpha value is -2.29. The molecule has 3 fully saturated rings. The van der Waals surface area contributed by atoms with Crippen molar-refractivity contribution in [3.8, 4) is 6.07 Å². The van der Waals surface area contributed by atoms with Gasteiger partial charge in [-0.15, -0.1) is 0 Å². The van der Waals surface area contributed by atoms with E-state index in [1.54, 1.807) is 28.8 Å². The summed E-state index contributed by atoms with van der Waals surface area (Å²) in [6, 6.07) is 3.72. The van der Waals surface area contributed by atoms with E-state index in [1.807, 2.05) is 0 Å². The molecule has 0 unspecified atom stereocenters. The van der Waals surface area contributed by atoms with Gasteiger partial charge in [0.25, 0.3) is 5.91 Å². The van der Waals surface area contributed by atoms with Crippen molar-refractivity contribution in [2.75, 3.05) is 26.2 Å². The minimum absolute atomic E-state index is 0.0743. The molecule has 0 aromatic carbocycles. The maximum absolute atomic E-state index is 13.2. The van der Waals surface area contributed by atoms with Crippen LogP contribution in [0.3, 0.4) is 0 Å². The third-order valence-electron chi connectivity index (χ3n) is 6.52. The van der Waals surface area contributed by atoms with E-state index >= 15 is 0 Å². The van der Waals surface area contributed by atoms with Gasteiger partial charge in [-0.05, 0) is 44.1 Å². The topological polar surface area (TPSA) is 69.3 Å². The van der Waals surface area contributed by atoms with Crippen molar-refractivity contribution in [1.82, 2.24) is 14.4 Å². The second kappa shape index (κ2) is 6.46. The van der Waals surface area contributed by atoms with E-state index in [-0.39, 0.29) is 17.2 Å². The minimum atomic E-state index is -0.388. The highest BCUT2D eigenvalue weighted by atomic mass is 16.2. The first kappa shape index (κ1) is 17.1. The van der Waals surface area contributed by atoms with Crippen molar-refractivity contribution >= 4 is 11.8 Å². The summed E-state index contributed by atoms with van der Waals surface area (Å²) in [6.45, 7) is 2.90. The van der Waals surface area contributed by atoms with Crippen LogP contribution in [0.15, 0.2) is 12.3 Å². The molecule has 1 spiro atoms. The van der Waals surface area contributed by atoms with Crippen LogP contribution >= 0.6 is 0 Å². The van der Waals surface area contributed by atoms with Gasteiger partial charge in [0, 0.05) is 39.4 Å². The van der Waals surface area contributed by atoms with Gasteiger partial charge in [-0.1, -0.05) is 6.42 Å². The van der Waals surface area contributed by atoms with Crippen LogP contribution in [0.2, 0.25) is 0 Å². The molecule has 2 saturated heterocycles. The molecule has 2 aliphatic heterocycles. The Labute approximate surface area is 154 Å². The Morgan fingerprint density at radius 2 is 2.12 bits per heavy atom. The number of carbonyl (C=O) groups is 2. The quantitative estimate of drug-likeness (QED) is 0.835. The summed E-state index contributed by atoms with van der Waals surface area (Å²) < 4.78 is 1.71. The van der Waals surface area contributed by atoms with E-state index in [2.05, 4.69) is 11.0 Å². The standard InChI is InChI=1S/C20H26N4O2/c1-22-12-16(11-21)10-17(22)18(25)24-9-7-20(14-24)6-3-8-23(19(20)26)13-15-4-2-5-15/h10,12,15H,2-9,13-14H2,1H3/t20-/m0/s1. The van der Waals surface area contributed by atoms with E-state index in [0.717, 1.165) is 32.4 Å². The Morgan fingerprint density at radius 3 is 2.77 bits per heavy atom. The zero-order valence-corrected chi connectivity index (χ0v) is 15.4. The Bertz CT molecular complexity index is 773. The highest BCUT2D eigenvalue weighted by Crippen LogP contribution is 2.41. The first-order valence-corrected chi connectivity index (χ1v) is 9.67. The van der Waals surface area contributed by atoms with E-state index in [1.165, 1.54) is 19.3 Å². The smallest absolute Gasteiger partial charge is 0.270 e. The molecule has 2 amide bonds. The molecule has 0 radical (unpaired) electrons. The zero-order chi connectivity index (χ0) is 18.3. The maximum Gasteiger partial charge on any atom is 0.270 e. The highest BCUT2D eigenvalue weighted by Gasteiger charge is 2.49. The summed E-state index contributed by atoms with van der Waals surface area (Å²) in [6.07, 6.45) is 8.13. The predicted molar refractivity (Wildman–Crippen MR) is 96.2 cm³/mol. The number of aromatic nitrogens is 1. The van der Waals surface area contributed by atoms with Gasteiger partial charge in [-0.3, -0.25) is 9.59 Å². The number of piperidine rings is 1. The van der Waals surface area contributed by atoms with Crippen LogP contribution in [0.25, 0.3) is 0 Å². The summed E-state index contributed by atoms with van der Waals surface area (Å²) in [4.78, 5) is 30.0.